The molecule has 2 aliphatic rings. The first kappa shape index (κ1) is 104. The quantitative estimate of drug-likeness (QED) is 0.0321. The summed E-state index contributed by atoms with van der Waals surface area (Å²) in [4.78, 5) is 108. The van der Waals surface area contributed by atoms with Gasteiger partial charge in [-0.3, -0.25) is 48.2 Å². The first-order chi connectivity index (χ1) is 56.0. The Bertz CT molecular complexity index is 2410. The predicted molar refractivity (Wildman–Crippen MR) is 402 cm³/mol. The summed E-state index contributed by atoms with van der Waals surface area (Å²) < 4.78 is 132. The Kier molecular flexibility index (Phi) is 74.0. The Morgan fingerprint density at radius 3 is 0.649 bits per heavy atom. The van der Waals surface area contributed by atoms with Gasteiger partial charge in [-0.1, -0.05) is 0 Å². The average molecular weight is 1650 g/mol. The summed E-state index contributed by atoms with van der Waals surface area (Å²) in [5.41, 5.74) is 0. The Hall–Kier alpha value is -5.85. The van der Waals surface area contributed by atoms with Crippen molar-refractivity contribution >= 4 is 53.2 Å². The molecule has 0 unspecified atom stereocenters. The average Bonchev–Trinajstić information content (AvgIpc) is 1.75. The molecule has 0 bridgehead atoms. The molecule has 8 amide bonds. The maximum absolute atomic E-state index is 12.4. The lowest BCUT2D eigenvalue weighted by Gasteiger charge is -2.15. The fraction of sp³-hybridized carbons (Fsp3) is 0.824. The van der Waals surface area contributed by atoms with Gasteiger partial charge in [0.15, 0.2) is 0 Å². The topological polar surface area (TPSA) is 450 Å². The van der Waals surface area contributed by atoms with E-state index < -0.39 is 41.5 Å². The zero-order valence-electron chi connectivity index (χ0n) is 66.6. The maximum atomic E-state index is 12.4. The summed E-state index contributed by atoms with van der Waals surface area (Å²) in [6.07, 6.45) is 6.19. The monoisotopic (exact) mass is 1650 g/mol. The molecule has 660 valence electrons. The van der Waals surface area contributed by atoms with E-state index in [2.05, 4.69) is 21.3 Å². The van der Waals surface area contributed by atoms with Crippen LogP contribution in [-0.4, -0.2) is 424 Å². The van der Waals surface area contributed by atoms with Crippen molar-refractivity contribution < 1.29 is 162 Å². The van der Waals surface area contributed by atoms with Crippen LogP contribution in [0, 0.1) is 0 Å². The minimum Gasteiger partial charge on any atom is -0.480 e. The first-order valence-corrected chi connectivity index (χ1v) is 39.2. The molecule has 0 aromatic rings. The highest BCUT2D eigenvalue weighted by Gasteiger charge is 2.25. The number of aliphatic carboxylic acids is 1. The fourth-order valence-electron chi connectivity index (χ4n) is 9.12. The molecule has 114 heavy (non-hydrogen) atoms. The second-order valence-corrected chi connectivity index (χ2v) is 24.0. The fourth-order valence-corrected chi connectivity index (χ4v) is 9.12. The summed E-state index contributed by atoms with van der Waals surface area (Å²) >= 11 is 0. The van der Waals surface area contributed by atoms with Gasteiger partial charge >= 0.3 is 5.97 Å². The zero-order chi connectivity index (χ0) is 82.0. The van der Waals surface area contributed by atoms with Gasteiger partial charge in [-0.05, 0) is 19.3 Å². The molecular weight excluding hydrogens is 1520 g/mol. The maximum Gasteiger partial charge on any atom is 0.326 e. The predicted octanol–water partition coefficient (Wildman–Crippen LogP) is -2.12. The van der Waals surface area contributed by atoms with E-state index in [0.29, 0.717) is 330 Å². The van der Waals surface area contributed by atoms with Crippen molar-refractivity contribution in [3.05, 3.63) is 24.3 Å². The molecule has 0 saturated carbocycles. The van der Waals surface area contributed by atoms with Crippen LogP contribution in [0.2, 0.25) is 0 Å². The molecule has 40 heteroatoms. The number of carboxylic acids is 1. The first-order valence-electron chi connectivity index (χ1n) is 39.2. The summed E-state index contributed by atoms with van der Waals surface area (Å²) in [6, 6.07) is -1.06. The van der Waals surface area contributed by atoms with Crippen molar-refractivity contribution in [3.63, 3.8) is 0 Å². The minimum absolute atomic E-state index is 0.00603. The van der Waals surface area contributed by atoms with E-state index in [1.807, 2.05) is 0 Å². The van der Waals surface area contributed by atoms with Gasteiger partial charge in [0.2, 0.25) is 23.6 Å². The van der Waals surface area contributed by atoms with Crippen LogP contribution < -0.4 is 21.3 Å². The van der Waals surface area contributed by atoms with E-state index in [9.17, 15) is 48.3 Å². The Morgan fingerprint density at radius 1 is 0.246 bits per heavy atom. The summed E-state index contributed by atoms with van der Waals surface area (Å²) in [5.74, 6) is -3.94. The van der Waals surface area contributed by atoms with Gasteiger partial charge in [-0.2, -0.15) is 0 Å². The molecule has 0 spiro atoms. The number of carbonyl (C=O) groups excluding carboxylic acids is 8. The SMILES string of the molecule is O=C(CCOCCOCCOCCOCCOCCOCCOCCOCCOCCOCCOCCOCCNC(=O)CCN1C(=O)C=CC1=O)NCCCC[C@H](NC(=O)CCOCCOCCOCCOCCOCCOCCOCCOCCOCCOCCOCCOCCNC(=O)CCN1C(=O)C=CC1=O)C(=O)O. The van der Waals surface area contributed by atoms with Gasteiger partial charge in [0.1, 0.15) is 6.04 Å². The lowest BCUT2D eigenvalue weighted by Crippen LogP contribution is -2.41. The molecule has 2 rings (SSSR count). The molecule has 5 N–H and O–H groups in total. The molecule has 0 saturated heterocycles. The molecule has 40 nitrogen and oxygen atoms in total. The van der Waals surface area contributed by atoms with Crippen LogP contribution in [0.25, 0.3) is 0 Å². The van der Waals surface area contributed by atoms with Crippen LogP contribution in [0.15, 0.2) is 24.3 Å². The van der Waals surface area contributed by atoms with E-state index in [1.165, 1.54) is 24.3 Å². The summed E-state index contributed by atoms with van der Waals surface area (Å²) in [7, 11) is 0. The number of nitrogens with zero attached hydrogens (tertiary/aromatic N) is 2. The number of carbonyl (C=O) groups is 9. The van der Waals surface area contributed by atoms with Crippen molar-refractivity contribution in [2.75, 3.05) is 350 Å². The van der Waals surface area contributed by atoms with Crippen LogP contribution in [0.5, 0.6) is 0 Å². The molecule has 2 aliphatic heterocycles. The second kappa shape index (κ2) is 80.9. The number of hydrogen-bond acceptors (Lipinski definition) is 33. The molecule has 0 aromatic carbocycles. The van der Waals surface area contributed by atoms with Crippen molar-refractivity contribution in [2.24, 2.45) is 0 Å². The van der Waals surface area contributed by atoms with E-state index in [0.717, 1.165) is 9.80 Å². The number of unbranched alkanes of at least 4 members (excludes halogenated alkanes) is 1. The van der Waals surface area contributed by atoms with Gasteiger partial charge in [0, 0.05) is 82.7 Å². The van der Waals surface area contributed by atoms with Crippen molar-refractivity contribution in [1.82, 2.24) is 31.1 Å². The molecule has 0 aromatic heterocycles. The molecular formula is C74H130N6O34. The highest BCUT2D eigenvalue weighted by atomic mass is 16.6. The number of imide groups is 2. The van der Waals surface area contributed by atoms with Crippen LogP contribution in [0.1, 0.15) is 44.9 Å². The van der Waals surface area contributed by atoms with Crippen LogP contribution in [-0.2, 0) is 157 Å². The van der Waals surface area contributed by atoms with Gasteiger partial charge in [0.05, 0.1) is 317 Å². The molecule has 1 atom stereocenters. The van der Waals surface area contributed by atoms with E-state index in [1.54, 1.807) is 0 Å². The smallest absolute Gasteiger partial charge is 0.326 e. The number of rotatable bonds is 91. The number of carboxylic acid groups (broad SMARTS) is 1. The highest BCUT2D eigenvalue weighted by molar-refractivity contribution is 6.13. The van der Waals surface area contributed by atoms with Crippen LogP contribution in [0.4, 0.5) is 0 Å². The molecule has 0 fully saturated rings. The van der Waals surface area contributed by atoms with Crippen LogP contribution >= 0.6 is 0 Å². The third kappa shape index (κ3) is 69.3. The van der Waals surface area contributed by atoms with E-state index >= 15 is 0 Å². The van der Waals surface area contributed by atoms with Gasteiger partial charge in [-0.15, -0.1) is 0 Å². The lowest BCUT2D eigenvalue weighted by molar-refractivity contribution is -0.142. The Balaban J connectivity index is 1.16. The minimum atomic E-state index is -1.14. The normalized spacial score (nSPS) is 13.0. The largest absolute Gasteiger partial charge is 0.480 e. The highest BCUT2D eigenvalue weighted by Crippen LogP contribution is 2.07. The van der Waals surface area contributed by atoms with Crippen molar-refractivity contribution in [2.45, 2.75) is 51.0 Å². The van der Waals surface area contributed by atoms with Gasteiger partial charge in [-0.25, -0.2) is 4.79 Å². The van der Waals surface area contributed by atoms with Crippen molar-refractivity contribution in [1.29, 1.82) is 0 Å². The third-order valence-corrected chi connectivity index (χ3v) is 15.1. The zero-order valence-corrected chi connectivity index (χ0v) is 66.6. The van der Waals surface area contributed by atoms with Gasteiger partial charge < -0.3 is 140 Å². The Morgan fingerprint density at radius 2 is 0.430 bits per heavy atom. The lowest BCUT2D eigenvalue weighted by atomic mass is 10.1. The summed E-state index contributed by atoms with van der Waals surface area (Å²) in [5, 5.41) is 20.3. The standard InChI is InChI=1S/C74H130N6O34/c81-66(8-15-79-70(85)4-5-71(79)86)76-13-19-93-23-27-97-31-35-101-39-43-105-47-51-109-55-59-113-63-61-111-57-53-107-49-45-103-41-37-99-33-29-95-25-21-91-17-10-68(83)75-12-2-1-3-65(74(89)90)78-69(84)11-18-92-22-26-96-30-34-100-38-42-104-46-50-108-54-58-112-62-64-114-60-56-110-52-48-106-44-40-102-36-32-98-28-24-94-20-14-77-67(82)9-16-80-72(87)6-7-73(80)88/h4-7,65H,1-3,8-64H2,(H,75,83)(H,76,81)(H,77,82)(H,78,84)(H,89,90)/t65-/m0/s1. The number of hydrogen-bond donors (Lipinski definition) is 5. The third-order valence-electron chi connectivity index (χ3n) is 15.1. The number of nitrogens with one attached hydrogen (secondary N) is 4. The molecule has 0 aliphatic carbocycles. The molecule has 0 radical (unpaired) electrons. The second-order valence-electron chi connectivity index (χ2n) is 24.0. The van der Waals surface area contributed by atoms with E-state index in [4.69, 9.17) is 114 Å². The van der Waals surface area contributed by atoms with E-state index in [-0.39, 0.29) is 82.7 Å². The number of amides is 8. The summed E-state index contributed by atoms with van der Waals surface area (Å²) in [6.45, 7) is 20.0. The Labute approximate surface area is 669 Å². The van der Waals surface area contributed by atoms with Gasteiger partial charge in [0.25, 0.3) is 23.6 Å². The van der Waals surface area contributed by atoms with Crippen LogP contribution in [0.3, 0.4) is 0 Å². The number of ether oxygens (including phenoxy) is 24. The molecule has 2 heterocycles. The van der Waals surface area contributed by atoms with Crippen molar-refractivity contribution in [3.8, 4) is 0 Å².